The quantitative estimate of drug-likeness (QED) is 0.883. The van der Waals surface area contributed by atoms with Crippen LogP contribution >= 0.6 is 0 Å². The highest BCUT2D eigenvalue weighted by Gasteiger charge is 2.26. The molecule has 1 aromatic heterocycles. The molecule has 2 heterocycles. The molecule has 0 saturated heterocycles. The molecule has 1 aromatic rings. The van der Waals surface area contributed by atoms with Crippen LogP contribution in [0.2, 0.25) is 0 Å². The minimum atomic E-state index is -1.13. The minimum absolute atomic E-state index is 0.0942. The highest BCUT2D eigenvalue weighted by atomic mass is 16.5. The van der Waals surface area contributed by atoms with Gasteiger partial charge in [-0.1, -0.05) is 6.92 Å². The number of pyridine rings is 1. The standard InChI is InChI=1S/C16H26N2O3/c1-5-17-7-6-14-12(11-17)10-13(16(2,3)20)15(19)18(14)8-9-21-4/h10,20H,5-9,11H2,1-4H3. The van der Waals surface area contributed by atoms with E-state index < -0.39 is 5.60 Å². The Morgan fingerprint density at radius 1 is 1.43 bits per heavy atom. The van der Waals surface area contributed by atoms with Crippen molar-refractivity contribution in [3.8, 4) is 0 Å². The van der Waals surface area contributed by atoms with Crippen LogP contribution < -0.4 is 5.56 Å². The van der Waals surface area contributed by atoms with Gasteiger partial charge in [0, 0.05) is 44.4 Å². The van der Waals surface area contributed by atoms with Crippen LogP contribution in [0.1, 0.15) is 37.6 Å². The predicted molar refractivity (Wildman–Crippen MR) is 82.5 cm³/mol. The number of nitrogens with zero attached hydrogens (tertiary/aromatic N) is 2. The Hall–Kier alpha value is -1.17. The molecule has 0 saturated carbocycles. The zero-order chi connectivity index (χ0) is 15.6. The molecule has 0 unspecified atom stereocenters. The molecular weight excluding hydrogens is 268 g/mol. The van der Waals surface area contributed by atoms with E-state index in [9.17, 15) is 9.90 Å². The molecule has 0 aliphatic carbocycles. The van der Waals surface area contributed by atoms with E-state index >= 15 is 0 Å². The first-order chi connectivity index (χ1) is 9.88. The first-order valence-electron chi connectivity index (χ1n) is 7.58. The first kappa shape index (κ1) is 16.2. The minimum Gasteiger partial charge on any atom is -0.386 e. The van der Waals surface area contributed by atoms with Gasteiger partial charge in [-0.15, -0.1) is 0 Å². The fourth-order valence-electron chi connectivity index (χ4n) is 2.90. The second-order valence-corrected chi connectivity index (χ2v) is 6.16. The number of aromatic nitrogens is 1. The zero-order valence-electron chi connectivity index (χ0n) is 13.5. The smallest absolute Gasteiger partial charge is 0.256 e. The van der Waals surface area contributed by atoms with Crippen LogP contribution in [0.15, 0.2) is 10.9 Å². The molecule has 1 N–H and O–H groups in total. The lowest BCUT2D eigenvalue weighted by atomic mass is 9.94. The normalized spacial score (nSPS) is 16.0. The van der Waals surface area contributed by atoms with Gasteiger partial charge in [0.05, 0.1) is 12.2 Å². The fraction of sp³-hybridized carbons (Fsp3) is 0.688. The Balaban J connectivity index is 2.54. The van der Waals surface area contributed by atoms with Gasteiger partial charge in [-0.05, 0) is 32.0 Å². The SMILES string of the molecule is CCN1CCc2c(cc(C(C)(C)O)c(=O)n2CCOC)C1. The average Bonchev–Trinajstić information content (AvgIpc) is 2.44. The molecule has 5 nitrogen and oxygen atoms in total. The molecule has 0 amide bonds. The van der Waals surface area contributed by atoms with E-state index in [1.807, 2.05) is 6.07 Å². The van der Waals surface area contributed by atoms with Crippen molar-refractivity contribution in [2.45, 2.75) is 45.9 Å². The molecule has 0 radical (unpaired) electrons. The van der Waals surface area contributed by atoms with Crippen molar-refractivity contribution in [3.63, 3.8) is 0 Å². The Morgan fingerprint density at radius 3 is 2.71 bits per heavy atom. The van der Waals surface area contributed by atoms with Crippen LogP contribution in [0, 0.1) is 0 Å². The first-order valence-corrected chi connectivity index (χ1v) is 7.58. The number of fused-ring (bicyclic) bond motifs is 1. The number of hydrogen-bond donors (Lipinski definition) is 1. The number of rotatable bonds is 5. The molecule has 5 heteroatoms. The second-order valence-electron chi connectivity index (χ2n) is 6.16. The van der Waals surface area contributed by atoms with Crippen LogP contribution in [0.5, 0.6) is 0 Å². The van der Waals surface area contributed by atoms with Gasteiger partial charge < -0.3 is 14.4 Å². The predicted octanol–water partition coefficient (Wildman–Crippen LogP) is 1.10. The van der Waals surface area contributed by atoms with Gasteiger partial charge in [-0.2, -0.15) is 0 Å². The molecule has 1 aliphatic rings. The van der Waals surface area contributed by atoms with Crippen LogP contribution in [-0.2, 0) is 29.8 Å². The van der Waals surface area contributed by atoms with Crippen molar-refractivity contribution in [2.24, 2.45) is 0 Å². The van der Waals surface area contributed by atoms with E-state index in [0.717, 1.165) is 37.3 Å². The van der Waals surface area contributed by atoms with Crippen LogP contribution in [0.3, 0.4) is 0 Å². The lowest BCUT2D eigenvalue weighted by Gasteiger charge is -2.31. The monoisotopic (exact) mass is 294 g/mol. The summed E-state index contributed by atoms with van der Waals surface area (Å²) >= 11 is 0. The molecule has 0 spiro atoms. The summed E-state index contributed by atoms with van der Waals surface area (Å²) in [7, 11) is 1.64. The van der Waals surface area contributed by atoms with Gasteiger partial charge in [0.1, 0.15) is 0 Å². The van der Waals surface area contributed by atoms with Crippen molar-refractivity contribution >= 4 is 0 Å². The zero-order valence-corrected chi connectivity index (χ0v) is 13.5. The second kappa shape index (κ2) is 6.30. The third-order valence-corrected chi connectivity index (χ3v) is 4.17. The van der Waals surface area contributed by atoms with Gasteiger partial charge >= 0.3 is 0 Å². The summed E-state index contributed by atoms with van der Waals surface area (Å²) in [6, 6.07) is 1.89. The van der Waals surface area contributed by atoms with Gasteiger partial charge in [-0.25, -0.2) is 0 Å². The maximum absolute atomic E-state index is 12.7. The van der Waals surface area contributed by atoms with Gasteiger partial charge in [-0.3, -0.25) is 9.69 Å². The summed E-state index contributed by atoms with van der Waals surface area (Å²) in [5.41, 5.74) is 1.49. The highest BCUT2D eigenvalue weighted by molar-refractivity contribution is 5.31. The maximum atomic E-state index is 12.7. The van der Waals surface area contributed by atoms with E-state index in [1.54, 1.807) is 25.5 Å². The number of methoxy groups -OCH3 is 1. The van der Waals surface area contributed by atoms with Crippen molar-refractivity contribution in [3.05, 3.63) is 33.2 Å². The average molecular weight is 294 g/mol. The van der Waals surface area contributed by atoms with Gasteiger partial charge in [0.15, 0.2) is 0 Å². The lowest BCUT2D eigenvalue weighted by molar-refractivity contribution is 0.0757. The Bertz CT molecular complexity index is 558. The summed E-state index contributed by atoms with van der Waals surface area (Å²) in [4.78, 5) is 15.0. The topological polar surface area (TPSA) is 54.7 Å². The van der Waals surface area contributed by atoms with E-state index in [0.29, 0.717) is 18.7 Å². The molecule has 2 rings (SSSR count). The number of likely N-dealkylation sites (N-methyl/N-ethyl adjacent to an activating group) is 1. The molecule has 118 valence electrons. The van der Waals surface area contributed by atoms with Gasteiger partial charge in [0.25, 0.3) is 5.56 Å². The van der Waals surface area contributed by atoms with Crippen LogP contribution in [-0.4, -0.2) is 41.4 Å². The molecular formula is C16H26N2O3. The Kier molecular flexibility index (Phi) is 4.86. The number of aliphatic hydroxyl groups is 1. The lowest BCUT2D eigenvalue weighted by Crippen LogP contribution is -2.40. The van der Waals surface area contributed by atoms with E-state index in [-0.39, 0.29) is 5.56 Å². The summed E-state index contributed by atoms with van der Waals surface area (Å²) in [6.07, 6.45) is 0.869. The van der Waals surface area contributed by atoms with Crippen LogP contribution in [0.25, 0.3) is 0 Å². The molecule has 21 heavy (non-hydrogen) atoms. The Morgan fingerprint density at radius 2 is 2.14 bits per heavy atom. The molecule has 0 aromatic carbocycles. The van der Waals surface area contributed by atoms with E-state index in [1.165, 1.54) is 0 Å². The van der Waals surface area contributed by atoms with Crippen molar-refractivity contribution in [1.82, 2.24) is 9.47 Å². The number of ether oxygens (including phenoxy) is 1. The summed E-state index contributed by atoms with van der Waals surface area (Å²) in [5, 5.41) is 10.3. The highest BCUT2D eigenvalue weighted by Crippen LogP contribution is 2.23. The summed E-state index contributed by atoms with van der Waals surface area (Å²) in [5.74, 6) is 0. The maximum Gasteiger partial charge on any atom is 0.256 e. The third-order valence-electron chi connectivity index (χ3n) is 4.17. The Labute approximate surface area is 126 Å². The van der Waals surface area contributed by atoms with E-state index in [4.69, 9.17) is 4.74 Å². The van der Waals surface area contributed by atoms with Crippen molar-refractivity contribution in [1.29, 1.82) is 0 Å². The summed E-state index contributed by atoms with van der Waals surface area (Å²) in [6.45, 7) is 9.30. The third kappa shape index (κ3) is 3.36. The van der Waals surface area contributed by atoms with Crippen molar-refractivity contribution < 1.29 is 9.84 Å². The molecule has 0 atom stereocenters. The van der Waals surface area contributed by atoms with E-state index in [2.05, 4.69) is 11.8 Å². The van der Waals surface area contributed by atoms with Crippen LogP contribution in [0.4, 0.5) is 0 Å². The molecule has 1 aliphatic heterocycles. The molecule has 0 bridgehead atoms. The fourth-order valence-corrected chi connectivity index (χ4v) is 2.90. The largest absolute Gasteiger partial charge is 0.386 e. The van der Waals surface area contributed by atoms with Crippen molar-refractivity contribution in [2.75, 3.05) is 26.8 Å². The number of hydrogen-bond acceptors (Lipinski definition) is 4. The van der Waals surface area contributed by atoms with Gasteiger partial charge in [0.2, 0.25) is 0 Å². The summed E-state index contributed by atoms with van der Waals surface area (Å²) < 4.78 is 6.92. The molecule has 0 fully saturated rings.